The first kappa shape index (κ1) is 17.2. The van der Waals surface area contributed by atoms with E-state index in [4.69, 9.17) is 4.52 Å². The van der Waals surface area contributed by atoms with Gasteiger partial charge in [0.1, 0.15) is 0 Å². The molecule has 5 rings (SSSR count). The van der Waals surface area contributed by atoms with E-state index >= 15 is 0 Å². The van der Waals surface area contributed by atoms with Crippen LogP contribution >= 0.6 is 0 Å². The maximum Gasteiger partial charge on any atom is 0.325 e. The number of hydrogen-bond acceptors (Lipinski definition) is 5. The molecular weight excluding hydrogens is 362 g/mol. The Morgan fingerprint density at radius 2 is 1.18 bits per heavy atom. The monoisotopic (exact) mass is 375 g/mol. The maximum absolute atomic E-state index is 11.7. The Morgan fingerprint density at radius 1 is 0.607 bits per heavy atom. The lowest BCUT2D eigenvalue weighted by Gasteiger charge is -2.00. The van der Waals surface area contributed by atoms with Crippen LogP contribution in [-0.4, -0.2) is 15.4 Å². The van der Waals surface area contributed by atoms with Gasteiger partial charge in [-0.1, -0.05) is 42.5 Å². The molecule has 0 aliphatic rings. The molecule has 0 saturated heterocycles. The second kappa shape index (κ2) is 6.84. The number of aromatic nitrogens is 3. The fourth-order valence-corrected chi connectivity index (χ4v) is 2.96. The van der Waals surface area contributed by atoms with Crippen molar-refractivity contribution in [3.8, 4) is 0 Å². The minimum atomic E-state index is -0.733. The highest BCUT2D eigenvalue weighted by Gasteiger charge is 2.08. The molecule has 8 heteroatoms. The Labute approximate surface area is 155 Å². The van der Waals surface area contributed by atoms with Crippen LogP contribution in [0.4, 0.5) is 0 Å². The van der Waals surface area contributed by atoms with E-state index in [1.54, 1.807) is 36.4 Å². The van der Waals surface area contributed by atoms with Crippen LogP contribution in [0.5, 0.6) is 0 Å². The highest BCUT2D eigenvalue weighted by molar-refractivity contribution is 6.04. The van der Waals surface area contributed by atoms with Crippen molar-refractivity contribution in [2.75, 3.05) is 0 Å². The Hall–Kier alpha value is -4.20. The van der Waals surface area contributed by atoms with Crippen molar-refractivity contribution in [2.45, 2.75) is 0 Å². The fraction of sp³-hybridized carbons (Fsp3) is 0. The van der Waals surface area contributed by atoms with Crippen molar-refractivity contribution in [1.29, 1.82) is 0 Å². The van der Waals surface area contributed by atoms with Crippen LogP contribution in [0.15, 0.2) is 84.4 Å². The van der Waals surface area contributed by atoms with Crippen LogP contribution in [-0.2, 0) is 0 Å². The van der Waals surface area contributed by atoms with E-state index < -0.39 is 11.0 Å². The van der Waals surface area contributed by atoms with Crippen LogP contribution in [0.25, 0.3) is 32.5 Å². The summed E-state index contributed by atoms with van der Waals surface area (Å²) in [6, 6.07) is 17.6. The summed E-state index contributed by atoms with van der Waals surface area (Å²) in [7, 11) is 0. The molecular formula is C20H13N3O5. The van der Waals surface area contributed by atoms with Crippen molar-refractivity contribution in [3.05, 3.63) is 102 Å². The summed E-state index contributed by atoms with van der Waals surface area (Å²) in [6.07, 6.45) is 0. The van der Waals surface area contributed by atoms with E-state index in [-0.39, 0.29) is 11.1 Å². The molecule has 8 nitrogen and oxygen atoms in total. The average Bonchev–Trinajstić information content (AvgIpc) is 2.74. The molecule has 0 aliphatic carbocycles. The van der Waals surface area contributed by atoms with Crippen LogP contribution in [0, 0.1) is 0 Å². The van der Waals surface area contributed by atoms with Gasteiger partial charge in [-0.3, -0.25) is 29.4 Å². The third-order valence-electron chi connectivity index (χ3n) is 4.28. The van der Waals surface area contributed by atoms with Gasteiger partial charge in [0.05, 0.1) is 16.2 Å². The predicted octanol–water partition coefficient (Wildman–Crippen LogP) is 1.85. The third kappa shape index (κ3) is 2.92. The normalized spacial score (nSPS) is 10.7. The molecule has 28 heavy (non-hydrogen) atoms. The van der Waals surface area contributed by atoms with Crippen molar-refractivity contribution in [3.63, 3.8) is 0 Å². The maximum atomic E-state index is 11.7. The van der Waals surface area contributed by atoms with Gasteiger partial charge in [-0.2, -0.15) is 5.16 Å². The number of rotatable bonds is 0. The molecule has 2 aromatic heterocycles. The molecule has 0 fully saturated rings. The number of fused-ring (bicyclic) bond motifs is 4. The number of hydrogen-bond donors (Lipinski definition) is 3. The zero-order chi connectivity index (χ0) is 19.7. The quantitative estimate of drug-likeness (QED) is 0.281. The lowest BCUT2D eigenvalue weighted by atomic mass is 10.1. The van der Waals surface area contributed by atoms with Gasteiger partial charge in [0.15, 0.2) is 5.58 Å². The zero-order valence-electron chi connectivity index (χ0n) is 14.3. The van der Waals surface area contributed by atoms with E-state index in [0.717, 1.165) is 10.8 Å². The highest BCUT2D eigenvalue weighted by atomic mass is 16.5. The predicted molar refractivity (Wildman–Crippen MR) is 106 cm³/mol. The summed E-state index contributed by atoms with van der Waals surface area (Å²) in [5.74, 6) is 0. The lowest BCUT2D eigenvalue weighted by molar-refractivity contribution is 0.430. The molecule has 0 saturated carbocycles. The van der Waals surface area contributed by atoms with Gasteiger partial charge in [0.2, 0.25) is 0 Å². The second-order valence-corrected chi connectivity index (χ2v) is 5.98. The van der Waals surface area contributed by atoms with Gasteiger partial charge in [0, 0.05) is 0 Å². The molecule has 5 aromatic rings. The molecule has 0 radical (unpaired) electrons. The minimum absolute atomic E-state index is 0.273. The van der Waals surface area contributed by atoms with E-state index in [0.29, 0.717) is 21.7 Å². The smallest absolute Gasteiger partial charge is 0.325 e. The average molecular weight is 375 g/mol. The van der Waals surface area contributed by atoms with Gasteiger partial charge < -0.3 is 4.52 Å². The highest BCUT2D eigenvalue weighted by Crippen LogP contribution is 2.20. The summed E-state index contributed by atoms with van der Waals surface area (Å²) < 4.78 is 4.99. The fourth-order valence-electron chi connectivity index (χ4n) is 2.96. The van der Waals surface area contributed by atoms with Crippen molar-refractivity contribution in [1.82, 2.24) is 15.4 Å². The Morgan fingerprint density at radius 3 is 1.82 bits per heavy atom. The molecule has 138 valence electrons. The van der Waals surface area contributed by atoms with Crippen molar-refractivity contribution >= 4 is 32.5 Å². The van der Waals surface area contributed by atoms with Crippen LogP contribution in [0.1, 0.15) is 0 Å². The van der Waals surface area contributed by atoms with Crippen LogP contribution in [0.2, 0.25) is 0 Å². The summed E-state index contributed by atoms with van der Waals surface area (Å²) in [6.45, 7) is 0. The largest absolute Gasteiger partial charge is 0.378 e. The van der Waals surface area contributed by atoms with Crippen LogP contribution < -0.4 is 22.1 Å². The third-order valence-corrected chi connectivity index (χ3v) is 4.28. The van der Waals surface area contributed by atoms with E-state index in [1.807, 2.05) is 24.3 Å². The van der Waals surface area contributed by atoms with Gasteiger partial charge in [0.25, 0.3) is 16.5 Å². The lowest BCUT2D eigenvalue weighted by Crippen LogP contribution is -2.26. The standard InChI is InChI=1S/C12H7NO3.C8H6N2O2/c14-11-10-8-4-2-1-3-7(8)5-6-9(10)16-13-12(11)15;11-7-5-3-1-2-4-6(5)8(12)10-9-7/h1-6H,(H,13,15);1-4H,(H,9,11)(H,10,12). The molecule has 0 aliphatic heterocycles. The summed E-state index contributed by atoms with van der Waals surface area (Å²) in [4.78, 5) is 45.2. The number of aromatic amines is 3. The molecule has 2 heterocycles. The van der Waals surface area contributed by atoms with Gasteiger partial charge in [-0.25, -0.2) is 0 Å². The van der Waals surface area contributed by atoms with Crippen molar-refractivity contribution in [2.24, 2.45) is 0 Å². The van der Waals surface area contributed by atoms with E-state index in [1.165, 1.54) is 0 Å². The molecule has 0 amide bonds. The second-order valence-electron chi connectivity index (χ2n) is 5.98. The molecule has 3 N–H and O–H groups in total. The first-order valence-electron chi connectivity index (χ1n) is 8.29. The number of benzene rings is 3. The van der Waals surface area contributed by atoms with Gasteiger partial charge in [-0.15, -0.1) is 0 Å². The topological polar surface area (TPSA) is 129 Å². The number of nitrogens with one attached hydrogen (secondary N) is 3. The SMILES string of the molecule is O=c1[nH][nH]c(=O)c2ccccc12.O=c1[nH]oc2ccc3ccccc3c2c1=O. The molecule has 0 bridgehead atoms. The molecule has 0 atom stereocenters. The first-order valence-corrected chi connectivity index (χ1v) is 8.29. The first-order chi connectivity index (χ1) is 13.6. The molecule has 0 unspecified atom stereocenters. The summed E-state index contributed by atoms with van der Waals surface area (Å²) >= 11 is 0. The minimum Gasteiger partial charge on any atom is -0.378 e. The van der Waals surface area contributed by atoms with Crippen LogP contribution in [0.3, 0.4) is 0 Å². The molecule has 0 spiro atoms. The molecule has 3 aromatic carbocycles. The summed E-state index contributed by atoms with van der Waals surface area (Å²) in [5, 5.41) is 9.38. The summed E-state index contributed by atoms with van der Waals surface area (Å²) in [5.41, 5.74) is -1.44. The zero-order valence-corrected chi connectivity index (χ0v) is 14.3. The van der Waals surface area contributed by atoms with Gasteiger partial charge in [-0.05, 0) is 29.0 Å². The van der Waals surface area contributed by atoms with E-state index in [9.17, 15) is 19.2 Å². The Bertz CT molecular complexity index is 1510. The Balaban J connectivity index is 0.000000143. The van der Waals surface area contributed by atoms with Gasteiger partial charge >= 0.3 is 5.56 Å². The number of H-pyrrole nitrogens is 3. The van der Waals surface area contributed by atoms with E-state index in [2.05, 4.69) is 15.4 Å². The Kier molecular flexibility index (Phi) is 4.21. The van der Waals surface area contributed by atoms with Crippen molar-refractivity contribution < 1.29 is 4.52 Å².